The third-order valence-electron chi connectivity index (χ3n) is 8.72. The van der Waals surface area contributed by atoms with Gasteiger partial charge < -0.3 is 9.80 Å². The van der Waals surface area contributed by atoms with Crippen molar-refractivity contribution in [2.75, 3.05) is 44.2 Å². The zero-order valence-electron chi connectivity index (χ0n) is 19.7. The summed E-state index contributed by atoms with van der Waals surface area (Å²) in [6, 6.07) is 0.821. The van der Waals surface area contributed by atoms with Crippen molar-refractivity contribution in [1.82, 2.24) is 19.8 Å². The van der Waals surface area contributed by atoms with Crippen LogP contribution in [0.2, 0.25) is 0 Å². The van der Waals surface area contributed by atoms with Gasteiger partial charge >= 0.3 is 0 Å². The number of carbonyl (C=O) groups excluding carboxylic acids is 1. The number of aromatic nitrogens is 2. The van der Waals surface area contributed by atoms with Gasteiger partial charge in [-0.1, -0.05) is 30.2 Å². The van der Waals surface area contributed by atoms with Crippen molar-refractivity contribution >= 4 is 24.3 Å². The van der Waals surface area contributed by atoms with E-state index in [0.717, 1.165) is 82.6 Å². The van der Waals surface area contributed by atoms with E-state index < -0.39 is 0 Å². The summed E-state index contributed by atoms with van der Waals surface area (Å²) >= 11 is 0. The monoisotopic (exact) mass is 469 g/mol. The Morgan fingerprint density at radius 3 is 2.64 bits per heavy atom. The van der Waals surface area contributed by atoms with E-state index in [1.54, 1.807) is 0 Å². The largest absolute Gasteiger partial charge is 0.341 e. The fourth-order valence-corrected chi connectivity index (χ4v) is 6.20. The maximum absolute atomic E-state index is 13.6. The van der Waals surface area contributed by atoms with Crippen LogP contribution in [-0.4, -0.2) is 71.0 Å². The normalized spacial score (nSPS) is 29.6. The Hall–Kier alpha value is -1.92. The minimum absolute atomic E-state index is 0. The molecule has 5 aliphatic rings. The number of anilines is 1. The molecule has 178 valence electrons. The van der Waals surface area contributed by atoms with Gasteiger partial charge in [0.1, 0.15) is 0 Å². The molecule has 1 saturated heterocycles. The van der Waals surface area contributed by atoms with Gasteiger partial charge in [-0.3, -0.25) is 9.69 Å². The van der Waals surface area contributed by atoms with Crippen molar-refractivity contribution in [2.45, 2.75) is 57.9 Å². The Morgan fingerprint density at radius 2 is 1.88 bits per heavy atom. The quantitative estimate of drug-likeness (QED) is 0.635. The lowest BCUT2D eigenvalue weighted by Gasteiger charge is -2.43. The molecule has 0 radical (unpaired) electrons. The van der Waals surface area contributed by atoms with E-state index in [1.807, 2.05) is 6.20 Å². The molecule has 1 amide bonds. The van der Waals surface area contributed by atoms with E-state index in [-0.39, 0.29) is 17.8 Å². The number of amides is 1. The molecule has 33 heavy (non-hydrogen) atoms. The van der Waals surface area contributed by atoms with Crippen LogP contribution < -0.4 is 4.90 Å². The van der Waals surface area contributed by atoms with Gasteiger partial charge in [-0.15, -0.1) is 12.4 Å². The fourth-order valence-electron chi connectivity index (χ4n) is 6.20. The van der Waals surface area contributed by atoms with Crippen LogP contribution >= 0.6 is 12.4 Å². The number of fused-ring (bicyclic) bond motifs is 2. The van der Waals surface area contributed by atoms with Crippen LogP contribution in [-0.2, 0) is 17.6 Å². The maximum Gasteiger partial charge on any atom is 0.233 e. The van der Waals surface area contributed by atoms with Crippen molar-refractivity contribution < 1.29 is 4.79 Å². The van der Waals surface area contributed by atoms with Crippen molar-refractivity contribution in [2.24, 2.45) is 11.3 Å². The molecule has 6 rings (SSSR count). The van der Waals surface area contributed by atoms with Crippen LogP contribution in [0, 0.1) is 11.3 Å². The van der Waals surface area contributed by atoms with Gasteiger partial charge in [0.05, 0.1) is 11.1 Å². The first kappa shape index (κ1) is 22.9. The number of halogens is 1. The first-order chi connectivity index (χ1) is 15.6. The summed E-state index contributed by atoms with van der Waals surface area (Å²) in [5.74, 6) is 1.60. The molecular formula is C26H36ClN5O. The van der Waals surface area contributed by atoms with E-state index in [9.17, 15) is 4.79 Å². The summed E-state index contributed by atoms with van der Waals surface area (Å²) in [6.45, 7) is 7.98. The van der Waals surface area contributed by atoms with Crippen LogP contribution in [0.15, 0.2) is 30.0 Å². The van der Waals surface area contributed by atoms with Crippen LogP contribution in [0.1, 0.15) is 50.3 Å². The molecule has 1 aromatic heterocycles. The number of piperazine rings is 1. The van der Waals surface area contributed by atoms with Crippen LogP contribution in [0.4, 0.5) is 5.95 Å². The number of carbonyl (C=O) groups is 1. The maximum atomic E-state index is 13.6. The second-order valence-electron chi connectivity index (χ2n) is 10.4. The van der Waals surface area contributed by atoms with E-state index in [0.29, 0.717) is 11.8 Å². The Balaban J connectivity index is 0.00000228. The molecule has 1 aromatic rings. The Bertz CT molecular complexity index is 965. The topological polar surface area (TPSA) is 52.6 Å². The third kappa shape index (κ3) is 3.99. The third-order valence-corrected chi connectivity index (χ3v) is 8.72. The summed E-state index contributed by atoms with van der Waals surface area (Å²) in [6.07, 6.45) is 16.5. The fraction of sp³-hybridized carbons (Fsp3) is 0.654. The minimum Gasteiger partial charge on any atom is -0.341 e. The Morgan fingerprint density at radius 1 is 1.09 bits per heavy atom. The van der Waals surface area contributed by atoms with Gasteiger partial charge in [-0.2, -0.15) is 0 Å². The van der Waals surface area contributed by atoms with Gasteiger partial charge in [0, 0.05) is 57.9 Å². The average molecular weight is 470 g/mol. The summed E-state index contributed by atoms with van der Waals surface area (Å²) in [5.41, 5.74) is 3.36. The van der Waals surface area contributed by atoms with Crippen molar-refractivity contribution in [3.63, 3.8) is 0 Å². The van der Waals surface area contributed by atoms with Crippen LogP contribution in [0.5, 0.6) is 0 Å². The number of rotatable bonds is 3. The molecule has 2 saturated carbocycles. The second-order valence-corrected chi connectivity index (χ2v) is 10.4. The van der Waals surface area contributed by atoms with Gasteiger partial charge in [0.2, 0.25) is 11.9 Å². The van der Waals surface area contributed by atoms with E-state index >= 15 is 0 Å². The molecule has 3 heterocycles. The highest BCUT2D eigenvalue weighted by atomic mass is 35.5. The van der Waals surface area contributed by atoms with Gasteiger partial charge in [-0.25, -0.2) is 9.97 Å². The molecular weight excluding hydrogens is 434 g/mol. The summed E-state index contributed by atoms with van der Waals surface area (Å²) in [4.78, 5) is 30.5. The zero-order chi connectivity index (χ0) is 21.7. The zero-order valence-corrected chi connectivity index (χ0v) is 20.5. The first-order valence-electron chi connectivity index (χ1n) is 12.6. The van der Waals surface area contributed by atoms with E-state index in [4.69, 9.17) is 9.97 Å². The lowest BCUT2D eigenvalue weighted by Crippen LogP contribution is -2.52. The molecule has 0 bridgehead atoms. The van der Waals surface area contributed by atoms with Crippen molar-refractivity contribution in [3.05, 3.63) is 41.3 Å². The van der Waals surface area contributed by atoms with Gasteiger partial charge in [0.25, 0.3) is 0 Å². The highest BCUT2D eigenvalue weighted by molar-refractivity contribution is 5.90. The molecule has 0 N–H and O–H groups in total. The lowest BCUT2D eigenvalue weighted by molar-refractivity contribution is -0.135. The number of nitrogens with zero attached hydrogens (tertiary/aromatic N) is 5. The SMILES string of the molecule is CC1=CCC=CC2CC12C(=O)N1CCc2cnc(N3CCN(C4CCC4)CC3)nc2CC1.Cl. The lowest BCUT2D eigenvalue weighted by atomic mass is 9.91. The van der Waals surface area contributed by atoms with Gasteiger partial charge in [-0.05, 0) is 50.5 Å². The molecule has 2 aliphatic heterocycles. The highest BCUT2D eigenvalue weighted by Gasteiger charge is 2.61. The minimum atomic E-state index is -0.263. The number of allylic oxidation sites excluding steroid dienone is 3. The first-order valence-corrected chi connectivity index (χ1v) is 12.6. The van der Waals surface area contributed by atoms with Crippen molar-refractivity contribution in [1.29, 1.82) is 0 Å². The predicted octanol–water partition coefficient (Wildman–Crippen LogP) is 3.41. The Labute approximate surface area is 203 Å². The number of hydrogen-bond donors (Lipinski definition) is 0. The van der Waals surface area contributed by atoms with Crippen molar-refractivity contribution in [3.8, 4) is 0 Å². The van der Waals surface area contributed by atoms with Crippen LogP contribution in [0.3, 0.4) is 0 Å². The van der Waals surface area contributed by atoms with E-state index in [1.165, 1.54) is 30.4 Å². The molecule has 6 nitrogen and oxygen atoms in total. The predicted molar refractivity (Wildman–Crippen MR) is 133 cm³/mol. The second kappa shape index (κ2) is 9.03. The molecule has 2 atom stereocenters. The molecule has 0 spiro atoms. The molecule has 0 aromatic carbocycles. The molecule has 2 unspecified atom stereocenters. The highest BCUT2D eigenvalue weighted by Crippen LogP contribution is 2.60. The van der Waals surface area contributed by atoms with Crippen LogP contribution in [0.25, 0.3) is 0 Å². The average Bonchev–Trinajstić information content (AvgIpc) is 3.55. The van der Waals surface area contributed by atoms with E-state index in [2.05, 4.69) is 39.9 Å². The molecule has 3 aliphatic carbocycles. The summed E-state index contributed by atoms with van der Waals surface area (Å²) in [5, 5.41) is 0. The molecule has 3 fully saturated rings. The Kier molecular flexibility index (Phi) is 6.25. The smallest absolute Gasteiger partial charge is 0.233 e. The van der Waals surface area contributed by atoms with Gasteiger partial charge in [0.15, 0.2) is 0 Å². The summed E-state index contributed by atoms with van der Waals surface area (Å²) < 4.78 is 0. The molecule has 7 heteroatoms. The standard InChI is InChI=1S/C26H35N5O.ClH/c1-19-5-2-3-6-21-17-26(19,21)24(32)30-11-9-20-18-27-25(28-23(20)10-12-30)31-15-13-29(14-16-31)22-7-4-8-22;/h3,5-6,18,21-22H,2,4,7-17H2,1H3;1H. The number of hydrogen-bond acceptors (Lipinski definition) is 5. The summed E-state index contributed by atoms with van der Waals surface area (Å²) in [7, 11) is 0.